The summed E-state index contributed by atoms with van der Waals surface area (Å²) in [5, 5.41) is 9.00. The molecule has 1 heterocycles. The lowest BCUT2D eigenvalue weighted by Crippen LogP contribution is -2.34. The number of sulfonamides is 1. The van der Waals surface area contributed by atoms with E-state index in [1.807, 2.05) is 6.92 Å². The average Bonchev–Trinajstić information content (AvgIpc) is 2.84. The molecule has 0 spiro atoms. The molecule has 0 unspecified atom stereocenters. The normalized spacial score (nSPS) is 11.9. The molecule has 0 amide bonds. The molecule has 0 saturated carbocycles. The van der Waals surface area contributed by atoms with Crippen molar-refractivity contribution < 1.29 is 13.5 Å². The molecule has 0 fully saturated rings. The van der Waals surface area contributed by atoms with Crippen LogP contribution < -0.4 is 5.73 Å². The van der Waals surface area contributed by atoms with Gasteiger partial charge in [-0.3, -0.25) is 0 Å². The Balaban J connectivity index is 3.00. The van der Waals surface area contributed by atoms with Crippen LogP contribution in [0.1, 0.15) is 24.6 Å². The molecule has 19 heavy (non-hydrogen) atoms. The maximum absolute atomic E-state index is 12.4. The van der Waals surface area contributed by atoms with Gasteiger partial charge < -0.3 is 10.8 Å². The lowest BCUT2D eigenvalue weighted by atomic mass is 10.3. The molecular formula is C11H18N2O3S3. The first-order valence-corrected chi connectivity index (χ1v) is 8.60. The summed E-state index contributed by atoms with van der Waals surface area (Å²) < 4.78 is 26.3. The number of hydrogen-bond donors (Lipinski definition) is 2. The minimum absolute atomic E-state index is 0.0998. The summed E-state index contributed by atoms with van der Waals surface area (Å²) in [6.07, 6.45) is 1.65. The summed E-state index contributed by atoms with van der Waals surface area (Å²) in [6, 6.07) is 3.11. The van der Waals surface area contributed by atoms with Gasteiger partial charge in [-0.25, -0.2) is 8.42 Å². The maximum atomic E-state index is 12.4. The highest BCUT2D eigenvalue weighted by molar-refractivity contribution is 7.91. The fraction of sp³-hybridized carbons (Fsp3) is 0.545. The molecule has 1 aromatic heterocycles. The quantitative estimate of drug-likeness (QED) is 0.702. The van der Waals surface area contributed by atoms with E-state index in [0.29, 0.717) is 11.4 Å². The molecule has 0 radical (unpaired) electrons. The average molecular weight is 322 g/mol. The van der Waals surface area contributed by atoms with E-state index in [0.717, 1.165) is 24.2 Å². The second kappa shape index (κ2) is 7.30. The number of thiophene rings is 1. The Morgan fingerprint density at radius 3 is 2.63 bits per heavy atom. The lowest BCUT2D eigenvalue weighted by molar-refractivity contribution is 0.252. The van der Waals surface area contributed by atoms with Gasteiger partial charge in [0.2, 0.25) is 0 Å². The zero-order valence-corrected chi connectivity index (χ0v) is 13.2. The number of aliphatic hydroxyl groups excluding tert-OH is 1. The van der Waals surface area contributed by atoms with E-state index in [1.165, 1.54) is 10.4 Å². The number of rotatable bonds is 8. The van der Waals surface area contributed by atoms with E-state index in [-0.39, 0.29) is 22.3 Å². The Morgan fingerprint density at radius 2 is 2.16 bits per heavy atom. The van der Waals surface area contributed by atoms with Gasteiger partial charge in [0.1, 0.15) is 9.20 Å². The van der Waals surface area contributed by atoms with Crippen LogP contribution in [0.25, 0.3) is 0 Å². The topological polar surface area (TPSA) is 83.6 Å². The van der Waals surface area contributed by atoms with Gasteiger partial charge in [-0.2, -0.15) is 4.31 Å². The van der Waals surface area contributed by atoms with Crippen LogP contribution in [-0.4, -0.2) is 42.5 Å². The third-order valence-corrected chi connectivity index (χ3v) is 6.36. The smallest absolute Gasteiger partial charge is 0.252 e. The van der Waals surface area contributed by atoms with Gasteiger partial charge in [-0.1, -0.05) is 25.6 Å². The number of thiocarbonyl (C=S) groups is 1. The van der Waals surface area contributed by atoms with E-state index in [9.17, 15) is 8.42 Å². The highest BCUT2D eigenvalue weighted by Crippen LogP contribution is 2.25. The van der Waals surface area contributed by atoms with Crippen molar-refractivity contribution in [2.45, 2.75) is 24.0 Å². The molecule has 1 aromatic rings. The first-order valence-electron chi connectivity index (χ1n) is 5.94. The lowest BCUT2D eigenvalue weighted by Gasteiger charge is -2.19. The monoisotopic (exact) mass is 322 g/mol. The van der Waals surface area contributed by atoms with Gasteiger partial charge in [-0.15, -0.1) is 11.3 Å². The number of hydrogen-bond acceptors (Lipinski definition) is 5. The number of nitrogens with zero attached hydrogens (tertiary/aromatic N) is 1. The molecule has 0 aliphatic heterocycles. The zero-order valence-electron chi connectivity index (χ0n) is 10.7. The van der Waals surface area contributed by atoms with Crippen LogP contribution in [0.2, 0.25) is 0 Å². The zero-order chi connectivity index (χ0) is 14.5. The summed E-state index contributed by atoms with van der Waals surface area (Å²) in [4.78, 5) is 0.765. The Labute approximate surface area is 123 Å². The highest BCUT2D eigenvalue weighted by atomic mass is 32.2. The summed E-state index contributed by atoms with van der Waals surface area (Å²) in [7, 11) is -3.57. The van der Waals surface area contributed by atoms with Crippen molar-refractivity contribution in [3.63, 3.8) is 0 Å². The fourth-order valence-corrected chi connectivity index (χ4v) is 4.49. The van der Waals surface area contributed by atoms with Gasteiger partial charge in [0, 0.05) is 13.1 Å². The minimum Gasteiger partial charge on any atom is -0.395 e. The molecule has 0 saturated heterocycles. The van der Waals surface area contributed by atoms with Crippen LogP contribution in [0.3, 0.4) is 0 Å². The van der Waals surface area contributed by atoms with E-state index in [2.05, 4.69) is 0 Å². The SMILES string of the molecule is CCCCN(CCO)S(=O)(=O)c1ccc(C(N)=S)s1. The molecule has 0 aromatic carbocycles. The number of unbranched alkanes of at least 4 members (excludes halogenated alkanes) is 1. The van der Waals surface area contributed by atoms with Crippen molar-refractivity contribution >= 4 is 38.6 Å². The van der Waals surface area contributed by atoms with Gasteiger partial charge in [0.25, 0.3) is 10.0 Å². The molecule has 3 N–H and O–H groups in total. The second-order valence-electron chi connectivity index (χ2n) is 3.96. The Morgan fingerprint density at radius 1 is 1.47 bits per heavy atom. The largest absolute Gasteiger partial charge is 0.395 e. The second-order valence-corrected chi connectivity index (χ2v) is 7.65. The van der Waals surface area contributed by atoms with E-state index in [4.69, 9.17) is 23.1 Å². The van der Waals surface area contributed by atoms with Crippen molar-refractivity contribution in [3.05, 3.63) is 17.0 Å². The fourth-order valence-electron chi connectivity index (χ4n) is 1.52. The van der Waals surface area contributed by atoms with Crippen LogP contribution in [0.4, 0.5) is 0 Å². The molecule has 1 rings (SSSR count). The van der Waals surface area contributed by atoms with Gasteiger partial charge in [-0.05, 0) is 18.6 Å². The molecule has 0 atom stereocenters. The predicted molar refractivity (Wildman–Crippen MR) is 81.0 cm³/mol. The molecule has 8 heteroatoms. The molecule has 108 valence electrons. The third-order valence-electron chi connectivity index (χ3n) is 2.53. The van der Waals surface area contributed by atoms with Gasteiger partial charge >= 0.3 is 0 Å². The predicted octanol–water partition coefficient (Wildman–Crippen LogP) is 1.17. The molecule has 5 nitrogen and oxygen atoms in total. The Kier molecular flexibility index (Phi) is 6.34. The van der Waals surface area contributed by atoms with E-state index in [1.54, 1.807) is 6.07 Å². The van der Waals surface area contributed by atoms with Gasteiger partial charge in [0.15, 0.2) is 0 Å². The van der Waals surface area contributed by atoms with Crippen LogP contribution in [0.5, 0.6) is 0 Å². The minimum atomic E-state index is -3.57. The number of nitrogens with two attached hydrogens (primary N) is 1. The maximum Gasteiger partial charge on any atom is 0.252 e. The van der Waals surface area contributed by atoms with E-state index >= 15 is 0 Å². The first kappa shape index (κ1) is 16.5. The van der Waals surface area contributed by atoms with Crippen molar-refractivity contribution in [1.82, 2.24) is 4.31 Å². The third kappa shape index (κ3) is 4.22. The van der Waals surface area contributed by atoms with E-state index < -0.39 is 10.0 Å². The first-order chi connectivity index (χ1) is 8.93. The Hall–Kier alpha value is -0.540. The van der Waals surface area contributed by atoms with Crippen molar-refractivity contribution in [3.8, 4) is 0 Å². The standard InChI is InChI=1S/C11H18N2O3S3/c1-2-3-6-13(7-8-14)19(15,16)10-5-4-9(18-10)11(12)17/h4-5,14H,2-3,6-8H2,1H3,(H2,12,17). The Bertz CT molecular complexity index is 525. The van der Waals surface area contributed by atoms with Crippen LogP contribution in [0, 0.1) is 0 Å². The summed E-state index contributed by atoms with van der Waals surface area (Å²) in [5.74, 6) is 0. The highest BCUT2D eigenvalue weighted by Gasteiger charge is 2.25. The molecule has 0 aliphatic carbocycles. The summed E-state index contributed by atoms with van der Waals surface area (Å²) in [5.41, 5.74) is 5.48. The van der Waals surface area contributed by atoms with Crippen molar-refractivity contribution in [2.24, 2.45) is 5.73 Å². The van der Waals surface area contributed by atoms with Crippen molar-refractivity contribution in [2.75, 3.05) is 19.7 Å². The summed E-state index contributed by atoms with van der Waals surface area (Å²) in [6.45, 7) is 2.29. The summed E-state index contributed by atoms with van der Waals surface area (Å²) >= 11 is 5.88. The number of aliphatic hydroxyl groups is 1. The molecular weight excluding hydrogens is 304 g/mol. The molecule has 0 bridgehead atoms. The molecule has 0 aliphatic rings. The van der Waals surface area contributed by atoms with Crippen LogP contribution >= 0.6 is 23.6 Å². The van der Waals surface area contributed by atoms with Crippen LogP contribution in [0.15, 0.2) is 16.3 Å². The van der Waals surface area contributed by atoms with Crippen LogP contribution in [-0.2, 0) is 10.0 Å². The van der Waals surface area contributed by atoms with Gasteiger partial charge in [0.05, 0.1) is 11.5 Å². The van der Waals surface area contributed by atoms with Crippen molar-refractivity contribution in [1.29, 1.82) is 0 Å².